The van der Waals surface area contributed by atoms with Gasteiger partial charge in [0.25, 0.3) is 5.91 Å². The molecule has 1 amide bonds. The zero-order valence-electron chi connectivity index (χ0n) is 11.8. The van der Waals surface area contributed by atoms with E-state index in [1.54, 1.807) is 18.8 Å². The van der Waals surface area contributed by atoms with Gasteiger partial charge in [-0.3, -0.25) is 4.79 Å². The lowest BCUT2D eigenvalue weighted by molar-refractivity contribution is 0.0929. The lowest BCUT2D eigenvalue weighted by Crippen LogP contribution is -2.43. The fourth-order valence-electron chi connectivity index (χ4n) is 2.60. The lowest BCUT2D eigenvalue weighted by Gasteiger charge is -2.31. The Morgan fingerprint density at radius 2 is 2.20 bits per heavy atom. The number of carbonyl (C=O) groups is 1. The van der Waals surface area contributed by atoms with Crippen molar-refractivity contribution in [1.82, 2.24) is 10.3 Å². The van der Waals surface area contributed by atoms with Gasteiger partial charge in [-0.05, 0) is 25.2 Å². The molecular weight excluding hydrogens is 277 g/mol. The molecule has 0 radical (unpaired) electrons. The van der Waals surface area contributed by atoms with Gasteiger partial charge < -0.3 is 10.6 Å². The number of pyridine rings is 1. The van der Waals surface area contributed by atoms with Gasteiger partial charge in [-0.2, -0.15) is 11.8 Å². The highest BCUT2D eigenvalue weighted by Gasteiger charge is 2.27. The molecule has 2 rings (SSSR count). The number of nitrogens with one attached hydrogen (secondary N) is 2. The number of rotatable bonds is 4. The first-order valence-electron chi connectivity index (χ1n) is 6.82. The van der Waals surface area contributed by atoms with Gasteiger partial charge in [-0.25, -0.2) is 9.37 Å². The second-order valence-corrected chi connectivity index (χ2v) is 6.02. The lowest BCUT2D eigenvalue weighted by atomic mass is 9.94. The van der Waals surface area contributed by atoms with Crippen molar-refractivity contribution < 1.29 is 9.18 Å². The van der Waals surface area contributed by atoms with Gasteiger partial charge in [0.05, 0.1) is 11.8 Å². The Morgan fingerprint density at radius 3 is 2.90 bits per heavy atom. The molecule has 1 heterocycles. The van der Waals surface area contributed by atoms with Crippen LogP contribution in [0.1, 0.15) is 36.0 Å². The predicted molar refractivity (Wildman–Crippen MR) is 80.8 cm³/mol. The van der Waals surface area contributed by atoms with Crippen LogP contribution in [-0.2, 0) is 0 Å². The van der Waals surface area contributed by atoms with Crippen LogP contribution in [0.25, 0.3) is 0 Å². The Balaban J connectivity index is 2.13. The van der Waals surface area contributed by atoms with Crippen molar-refractivity contribution in [3.05, 3.63) is 23.6 Å². The molecule has 1 aromatic rings. The van der Waals surface area contributed by atoms with Gasteiger partial charge in [0.1, 0.15) is 11.6 Å². The van der Waals surface area contributed by atoms with Crippen LogP contribution < -0.4 is 10.6 Å². The van der Waals surface area contributed by atoms with Crippen LogP contribution in [-0.4, -0.2) is 35.5 Å². The van der Waals surface area contributed by atoms with Crippen LogP contribution in [0.3, 0.4) is 0 Å². The van der Waals surface area contributed by atoms with E-state index in [4.69, 9.17) is 0 Å². The first-order chi connectivity index (χ1) is 9.65. The molecule has 1 saturated carbocycles. The number of thioether (sulfide) groups is 1. The minimum absolute atomic E-state index is 0.152. The summed E-state index contributed by atoms with van der Waals surface area (Å²) in [5.41, 5.74) is 0.262. The summed E-state index contributed by atoms with van der Waals surface area (Å²) in [4.78, 5) is 16.2. The molecule has 0 aromatic carbocycles. The topological polar surface area (TPSA) is 54.0 Å². The average Bonchev–Trinajstić information content (AvgIpc) is 2.47. The van der Waals surface area contributed by atoms with E-state index >= 15 is 0 Å². The molecule has 0 spiro atoms. The third-order valence-electron chi connectivity index (χ3n) is 3.66. The van der Waals surface area contributed by atoms with Crippen molar-refractivity contribution >= 4 is 23.5 Å². The molecule has 1 fully saturated rings. The van der Waals surface area contributed by atoms with Crippen molar-refractivity contribution in [3.8, 4) is 0 Å². The van der Waals surface area contributed by atoms with E-state index < -0.39 is 5.82 Å². The van der Waals surface area contributed by atoms with Gasteiger partial charge in [-0.1, -0.05) is 12.8 Å². The summed E-state index contributed by atoms with van der Waals surface area (Å²) < 4.78 is 13.3. The molecule has 6 heteroatoms. The van der Waals surface area contributed by atoms with Crippen LogP contribution in [0, 0.1) is 5.82 Å². The van der Waals surface area contributed by atoms with Crippen LogP contribution in [0.5, 0.6) is 0 Å². The molecular formula is C14H20FN3OS. The Hall–Kier alpha value is -1.30. The maximum Gasteiger partial charge on any atom is 0.255 e. The van der Waals surface area contributed by atoms with Crippen LogP contribution in [0.4, 0.5) is 10.2 Å². The number of hydrogen-bond donors (Lipinski definition) is 2. The maximum atomic E-state index is 13.3. The highest BCUT2D eigenvalue weighted by Crippen LogP contribution is 2.27. The second kappa shape index (κ2) is 6.92. The largest absolute Gasteiger partial charge is 0.372 e. The molecule has 0 aliphatic heterocycles. The first-order valence-corrected chi connectivity index (χ1v) is 8.11. The van der Waals surface area contributed by atoms with Gasteiger partial charge in [0.2, 0.25) is 0 Å². The normalized spacial score (nSPS) is 22.4. The van der Waals surface area contributed by atoms with E-state index in [9.17, 15) is 9.18 Å². The zero-order chi connectivity index (χ0) is 14.5. The fourth-order valence-corrected chi connectivity index (χ4v) is 3.54. The molecule has 2 unspecified atom stereocenters. The van der Waals surface area contributed by atoms with Crippen molar-refractivity contribution in [3.63, 3.8) is 0 Å². The molecule has 2 atom stereocenters. The number of nitrogens with zero attached hydrogens (tertiary/aromatic N) is 1. The van der Waals surface area contributed by atoms with Crippen molar-refractivity contribution in [1.29, 1.82) is 0 Å². The molecule has 4 nitrogen and oxygen atoms in total. The number of anilines is 1. The summed E-state index contributed by atoms with van der Waals surface area (Å²) in [7, 11) is 1.67. The highest BCUT2D eigenvalue weighted by molar-refractivity contribution is 7.99. The van der Waals surface area contributed by atoms with E-state index in [2.05, 4.69) is 21.9 Å². The molecule has 20 heavy (non-hydrogen) atoms. The van der Waals surface area contributed by atoms with Gasteiger partial charge >= 0.3 is 0 Å². The van der Waals surface area contributed by atoms with Crippen LogP contribution in [0.15, 0.2) is 12.3 Å². The summed E-state index contributed by atoms with van der Waals surface area (Å²) >= 11 is 1.78. The maximum absolute atomic E-state index is 13.3. The standard InChI is InChI=1S/C14H20FN3OS/c1-16-13-10(7-9(15)8-17-13)14(19)18-11-5-3-4-6-12(11)20-2/h7-8,11-12H,3-6H2,1-2H3,(H,16,17)(H,18,19). The molecule has 0 bridgehead atoms. The van der Waals surface area contributed by atoms with E-state index in [-0.39, 0.29) is 17.5 Å². The minimum Gasteiger partial charge on any atom is -0.372 e. The number of aromatic nitrogens is 1. The molecule has 2 N–H and O–H groups in total. The Bertz CT molecular complexity index is 483. The number of halogens is 1. The SMILES string of the molecule is CNc1ncc(F)cc1C(=O)NC1CCCCC1SC. The van der Waals surface area contributed by atoms with E-state index in [1.807, 2.05) is 0 Å². The zero-order valence-corrected chi connectivity index (χ0v) is 12.6. The Labute approximate surface area is 122 Å². The number of carbonyl (C=O) groups excluding carboxylic acids is 1. The highest BCUT2D eigenvalue weighted by atomic mass is 32.2. The Kier molecular flexibility index (Phi) is 5.23. The van der Waals surface area contributed by atoms with Gasteiger partial charge in [0.15, 0.2) is 0 Å². The first kappa shape index (κ1) is 15.1. The smallest absolute Gasteiger partial charge is 0.255 e. The van der Waals surface area contributed by atoms with Crippen molar-refractivity contribution in [2.45, 2.75) is 37.0 Å². The quantitative estimate of drug-likeness (QED) is 0.897. The van der Waals surface area contributed by atoms with E-state index in [0.717, 1.165) is 25.5 Å². The fraction of sp³-hybridized carbons (Fsp3) is 0.571. The average molecular weight is 297 g/mol. The van der Waals surface area contributed by atoms with Crippen LogP contribution in [0.2, 0.25) is 0 Å². The third-order valence-corrected chi connectivity index (χ3v) is 4.83. The van der Waals surface area contributed by atoms with E-state index in [1.165, 1.54) is 12.5 Å². The number of hydrogen-bond acceptors (Lipinski definition) is 4. The summed E-state index contributed by atoms with van der Waals surface area (Å²) in [6.07, 6.45) is 7.61. The van der Waals surface area contributed by atoms with Crippen molar-refractivity contribution in [2.75, 3.05) is 18.6 Å². The monoisotopic (exact) mass is 297 g/mol. The summed E-state index contributed by atoms with van der Waals surface area (Å²) in [6.45, 7) is 0. The summed E-state index contributed by atoms with van der Waals surface area (Å²) in [5, 5.41) is 6.29. The van der Waals surface area contributed by atoms with Gasteiger partial charge in [-0.15, -0.1) is 0 Å². The van der Waals surface area contributed by atoms with Crippen molar-refractivity contribution in [2.24, 2.45) is 0 Å². The number of amides is 1. The molecule has 0 saturated heterocycles. The third kappa shape index (κ3) is 3.42. The predicted octanol–water partition coefficient (Wildman–Crippen LogP) is 2.67. The molecule has 1 aliphatic carbocycles. The van der Waals surface area contributed by atoms with Crippen LogP contribution >= 0.6 is 11.8 Å². The van der Waals surface area contributed by atoms with E-state index in [0.29, 0.717) is 11.1 Å². The second-order valence-electron chi connectivity index (χ2n) is 4.94. The molecule has 1 aliphatic rings. The van der Waals surface area contributed by atoms with Gasteiger partial charge in [0, 0.05) is 18.3 Å². The minimum atomic E-state index is -0.501. The summed E-state index contributed by atoms with van der Waals surface area (Å²) in [6, 6.07) is 1.38. The Morgan fingerprint density at radius 1 is 1.45 bits per heavy atom. The molecule has 110 valence electrons. The molecule has 1 aromatic heterocycles. The summed E-state index contributed by atoms with van der Waals surface area (Å²) in [5.74, 6) is -0.355.